The highest BCUT2D eigenvalue weighted by molar-refractivity contribution is 5.19. The van der Waals surface area contributed by atoms with E-state index in [2.05, 4.69) is 30.3 Å². The van der Waals surface area contributed by atoms with E-state index in [0.717, 1.165) is 13.0 Å². The van der Waals surface area contributed by atoms with Crippen molar-refractivity contribution in [2.45, 2.75) is 51.9 Å². The van der Waals surface area contributed by atoms with E-state index < -0.39 is 0 Å². The first kappa shape index (κ1) is 15.2. The maximum absolute atomic E-state index is 7.00. The molecule has 0 bridgehead atoms. The summed E-state index contributed by atoms with van der Waals surface area (Å²) >= 11 is 0. The van der Waals surface area contributed by atoms with Crippen LogP contribution in [-0.4, -0.2) is 12.2 Å². The zero-order chi connectivity index (χ0) is 12.2. The minimum absolute atomic E-state index is 0.861. The Hall–Kier alpha value is -0.820. The van der Waals surface area contributed by atoms with Gasteiger partial charge in [0, 0.05) is 7.11 Å². The Balaban J connectivity index is 0.000000509. The fourth-order valence-corrected chi connectivity index (χ4v) is 2.16. The molecule has 1 aromatic carbocycles. The number of rotatable bonds is 1. The molecule has 1 fully saturated rings. The first-order valence-electron chi connectivity index (χ1n) is 6.46. The normalized spacial score (nSPS) is 15.2. The van der Waals surface area contributed by atoms with Gasteiger partial charge in [-0.3, -0.25) is 0 Å². The van der Waals surface area contributed by atoms with Gasteiger partial charge in [-0.25, -0.2) is 0 Å². The molecule has 0 aliphatic heterocycles. The molecule has 1 aliphatic carbocycles. The molecule has 0 unspecified atom stereocenters. The summed E-state index contributed by atoms with van der Waals surface area (Å²) in [4.78, 5) is 0. The lowest BCUT2D eigenvalue weighted by molar-refractivity contribution is 0.399. The van der Waals surface area contributed by atoms with Crippen LogP contribution < -0.4 is 0 Å². The van der Waals surface area contributed by atoms with Crippen molar-refractivity contribution in [3.63, 3.8) is 0 Å². The van der Waals surface area contributed by atoms with Crippen LogP contribution in [0.25, 0.3) is 0 Å². The smallest absolute Gasteiger partial charge is 0.0319 e. The van der Waals surface area contributed by atoms with E-state index in [1.54, 1.807) is 5.56 Å². The Morgan fingerprint density at radius 2 is 1.38 bits per heavy atom. The Morgan fingerprint density at radius 3 is 1.88 bits per heavy atom. The molecule has 0 spiro atoms. The molecular formula is C15H26O. The van der Waals surface area contributed by atoms with Gasteiger partial charge in [0.2, 0.25) is 0 Å². The van der Waals surface area contributed by atoms with Crippen LogP contribution in [0.3, 0.4) is 0 Å². The van der Waals surface area contributed by atoms with Crippen LogP contribution in [0.15, 0.2) is 30.3 Å². The lowest BCUT2D eigenvalue weighted by atomic mass is 9.84. The zero-order valence-corrected chi connectivity index (χ0v) is 10.9. The summed E-state index contributed by atoms with van der Waals surface area (Å²) in [6.07, 6.45) is 7.12. The Kier molecular flexibility index (Phi) is 10.1. The monoisotopic (exact) mass is 222 g/mol. The summed E-state index contributed by atoms with van der Waals surface area (Å²) in [5.41, 5.74) is 1.55. The van der Waals surface area contributed by atoms with Crippen LogP contribution in [-0.2, 0) is 0 Å². The van der Waals surface area contributed by atoms with Gasteiger partial charge < -0.3 is 5.11 Å². The fraction of sp³-hybridized carbons (Fsp3) is 0.600. The third-order valence-electron chi connectivity index (χ3n) is 2.88. The molecule has 0 amide bonds. The molecule has 1 aromatic rings. The van der Waals surface area contributed by atoms with E-state index in [4.69, 9.17) is 5.11 Å². The van der Waals surface area contributed by atoms with E-state index in [-0.39, 0.29) is 0 Å². The van der Waals surface area contributed by atoms with Crippen LogP contribution in [0.2, 0.25) is 0 Å². The van der Waals surface area contributed by atoms with Crippen LogP contribution in [0.1, 0.15) is 57.4 Å². The molecule has 1 saturated carbocycles. The molecule has 1 nitrogen and oxygen atoms in total. The van der Waals surface area contributed by atoms with Crippen molar-refractivity contribution >= 4 is 0 Å². The van der Waals surface area contributed by atoms with Crippen LogP contribution in [0.5, 0.6) is 0 Å². The first-order chi connectivity index (χ1) is 7.97. The van der Waals surface area contributed by atoms with Crippen molar-refractivity contribution in [2.75, 3.05) is 7.11 Å². The maximum Gasteiger partial charge on any atom is 0.0319 e. The Labute approximate surface area is 101 Å². The summed E-state index contributed by atoms with van der Waals surface area (Å²) in [6.45, 7) is 4.00. The predicted octanol–water partition coefficient (Wildman–Crippen LogP) is 4.37. The van der Waals surface area contributed by atoms with Crippen molar-refractivity contribution in [3.8, 4) is 0 Å². The summed E-state index contributed by atoms with van der Waals surface area (Å²) in [6, 6.07) is 11.0. The summed E-state index contributed by atoms with van der Waals surface area (Å²) < 4.78 is 0. The van der Waals surface area contributed by atoms with E-state index in [0.29, 0.717) is 0 Å². The third kappa shape index (κ3) is 5.32. The molecule has 2 rings (SSSR count). The highest BCUT2D eigenvalue weighted by Crippen LogP contribution is 2.31. The van der Waals surface area contributed by atoms with Gasteiger partial charge in [-0.1, -0.05) is 63.4 Å². The average Bonchev–Trinajstić information content (AvgIpc) is 2.45. The quantitative estimate of drug-likeness (QED) is 0.748. The molecule has 16 heavy (non-hydrogen) atoms. The molecule has 92 valence electrons. The lowest BCUT2D eigenvalue weighted by Gasteiger charge is -2.21. The lowest BCUT2D eigenvalue weighted by Crippen LogP contribution is -2.03. The fourth-order valence-electron chi connectivity index (χ4n) is 2.16. The number of hydrogen-bond acceptors (Lipinski definition) is 1. The largest absolute Gasteiger partial charge is 0.400 e. The van der Waals surface area contributed by atoms with Crippen LogP contribution in [0, 0.1) is 0 Å². The molecule has 1 aliphatic rings. The Bertz CT molecular complexity index is 224. The minimum Gasteiger partial charge on any atom is -0.400 e. The molecule has 0 radical (unpaired) electrons. The maximum atomic E-state index is 7.00. The van der Waals surface area contributed by atoms with Gasteiger partial charge in [0.05, 0.1) is 0 Å². The summed E-state index contributed by atoms with van der Waals surface area (Å²) in [5, 5.41) is 7.00. The predicted molar refractivity (Wildman–Crippen MR) is 71.8 cm³/mol. The molecule has 1 N–H and O–H groups in total. The van der Waals surface area contributed by atoms with Gasteiger partial charge in [-0.2, -0.15) is 0 Å². The second-order valence-electron chi connectivity index (χ2n) is 3.75. The van der Waals surface area contributed by atoms with Gasteiger partial charge in [-0.05, 0) is 24.3 Å². The Morgan fingerprint density at radius 1 is 0.875 bits per heavy atom. The molecule has 0 saturated heterocycles. The van der Waals surface area contributed by atoms with Crippen LogP contribution in [0.4, 0.5) is 0 Å². The van der Waals surface area contributed by atoms with Gasteiger partial charge in [0.1, 0.15) is 0 Å². The molecule has 0 heterocycles. The van der Waals surface area contributed by atoms with E-state index >= 15 is 0 Å². The number of benzene rings is 1. The van der Waals surface area contributed by atoms with Gasteiger partial charge in [0.15, 0.2) is 0 Å². The summed E-state index contributed by atoms with van der Waals surface area (Å²) in [5.74, 6) is 0.861. The minimum atomic E-state index is 0.861. The van der Waals surface area contributed by atoms with Crippen molar-refractivity contribution in [3.05, 3.63) is 35.9 Å². The van der Waals surface area contributed by atoms with E-state index in [9.17, 15) is 0 Å². The van der Waals surface area contributed by atoms with Gasteiger partial charge in [-0.15, -0.1) is 0 Å². The second-order valence-corrected chi connectivity index (χ2v) is 3.75. The number of hydrogen-bond donors (Lipinski definition) is 1. The number of aliphatic hydroxyl groups excluding tert-OH is 1. The van der Waals surface area contributed by atoms with Crippen molar-refractivity contribution in [2.24, 2.45) is 0 Å². The molecular weight excluding hydrogens is 196 g/mol. The van der Waals surface area contributed by atoms with Gasteiger partial charge in [0.25, 0.3) is 0 Å². The van der Waals surface area contributed by atoms with E-state index in [1.165, 1.54) is 32.1 Å². The highest BCUT2D eigenvalue weighted by Gasteiger charge is 2.14. The first-order valence-corrected chi connectivity index (χ1v) is 6.46. The SMILES string of the molecule is CC.CO.c1ccc(C2CCCCC2)cc1. The second kappa shape index (κ2) is 10.7. The summed E-state index contributed by atoms with van der Waals surface area (Å²) in [7, 11) is 1.00. The molecule has 0 atom stereocenters. The van der Waals surface area contributed by atoms with Crippen molar-refractivity contribution < 1.29 is 5.11 Å². The van der Waals surface area contributed by atoms with Gasteiger partial charge >= 0.3 is 0 Å². The van der Waals surface area contributed by atoms with Crippen molar-refractivity contribution in [1.82, 2.24) is 0 Å². The van der Waals surface area contributed by atoms with E-state index in [1.807, 2.05) is 13.8 Å². The topological polar surface area (TPSA) is 20.2 Å². The zero-order valence-electron chi connectivity index (χ0n) is 10.9. The average molecular weight is 222 g/mol. The molecule has 1 heteroatoms. The van der Waals surface area contributed by atoms with Crippen LogP contribution >= 0.6 is 0 Å². The number of aliphatic hydroxyl groups is 1. The third-order valence-corrected chi connectivity index (χ3v) is 2.88. The van der Waals surface area contributed by atoms with Crippen molar-refractivity contribution in [1.29, 1.82) is 0 Å². The molecule has 0 aromatic heterocycles. The standard InChI is InChI=1S/C12H16.C2H6.CH4O/c1-3-7-11(8-4-1)12-9-5-2-6-10-12;2*1-2/h1,3-4,7-8,12H,2,5-6,9-10H2;1-2H3;2H,1H3. The highest BCUT2D eigenvalue weighted by atomic mass is 16.2.